The van der Waals surface area contributed by atoms with Gasteiger partial charge in [-0.3, -0.25) is 9.59 Å². The number of hydrogen-bond donors (Lipinski definition) is 3. The van der Waals surface area contributed by atoms with Gasteiger partial charge in [0.05, 0.1) is 10.5 Å². The minimum Gasteiger partial charge on any atom is -0.368 e. The van der Waals surface area contributed by atoms with Gasteiger partial charge < -0.3 is 11.1 Å². The van der Waals surface area contributed by atoms with Crippen LogP contribution < -0.4 is 16.2 Å². The number of nitrogens with two attached hydrogens (primary N) is 2. The van der Waals surface area contributed by atoms with Gasteiger partial charge in [-0.05, 0) is 37.5 Å². The molecule has 1 atom stereocenters. The number of carbonyl (C=O) groups is 2. The summed E-state index contributed by atoms with van der Waals surface area (Å²) < 4.78 is 23.1. The molecule has 0 unspecified atom stereocenters. The molecule has 0 spiro atoms. The molecule has 7 nitrogen and oxygen atoms in total. The number of nitrogens with one attached hydrogen (secondary N) is 1. The number of aryl methyl sites for hydroxylation is 1. The summed E-state index contributed by atoms with van der Waals surface area (Å²) in [5.41, 5.74) is 5.84. The lowest BCUT2D eigenvalue weighted by molar-refractivity contribution is -0.119. The van der Waals surface area contributed by atoms with Gasteiger partial charge in [0, 0.05) is 0 Å². The Hall–Kier alpha value is -1.58. The van der Waals surface area contributed by atoms with E-state index in [4.69, 9.17) is 10.9 Å². The van der Waals surface area contributed by atoms with Crippen LogP contribution in [0.25, 0.3) is 0 Å². The number of amides is 2. The van der Waals surface area contributed by atoms with Crippen molar-refractivity contribution >= 4 is 33.6 Å². The lowest BCUT2D eigenvalue weighted by atomic mass is 10.1. The standard InChI is InChI=1S/C13H19N3O4S2/c1-8-3-4-11(22(15,19)20)9(7-8)13(18)16-10(12(14)17)5-6-21-2/h3-4,7,10H,5-6H2,1-2H3,(H2,14,17)(H,16,18)(H2,15,19,20)/t10-/m0/s1. The first-order valence-electron chi connectivity index (χ1n) is 6.39. The quantitative estimate of drug-likeness (QED) is 0.639. The smallest absolute Gasteiger partial charge is 0.253 e. The summed E-state index contributed by atoms with van der Waals surface area (Å²) in [5, 5.41) is 7.57. The molecule has 0 fully saturated rings. The third-order valence-electron chi connectivity index (χ3n) is 2.95. The van der Waals surface area contributed by atoms with Crippen LogP contribution in [0, 0.1) is 6.92 Å². The highest BCUT2D eigenvalue weighted by Gasteiger charge is 2.23. The first-order valence-corrected chi connectivity index (χ1v) is 9.33. The van der Waals surface area contributed by atoms with E-state index >= 15 is 0 Å². The summed E-state index contributed by atoms with van der Waals surface area (Å²) in [4.78, 5) is 23.4. The van der Waals surface area contributed by atoms with Crippen molar-refractivity contribution in [2.24, 2.45) is 10.9 Å². The maximum atomic E-state index is 12.3. The van der Waals surface area contributed by atoms with Crippen molar-refractivity contribution in [2.75, 3.05) is 12.0 Å². The number of hydrogen-bond acceptors (Lipinski definition) is 5. The molecular weight excluding hydrogens is 326 g/mol. The number of thioether (sulfide) groups is 1. The molecule has 0 saturated carbocycles. The van der Waals surface area contributed by atoms with Crippen LogP contribution in [0.2, 0.25) is 0 Å². The van der Waals surface area contributed by atoms with Crippen molar-refractivity contribution < 1.29 is 18.0 Å². The zero-order valence-corrected chi connectivity index (χ0v) is 14.0. The zero-order valence-electron chi connectivity index (χ0n) is 12.3. The molecule has 9 heteroatoms. The van der Waals surface area contributed by atoms with Gasteiger partial charge >= 0.3 is 0 Å². The molecule has 0 heterocycles. The molecule has 1 aromatic carbocycles. The van der Waals surface area contributed by atoms with Crippen LogP contribution in [-0.4, -0.2) is 38.3 Å². The largest absolute Gasteiger partial charge is 0.368 e. The fourth-order valence-electron chi connectivity index (χ4n) is 1.83. The van der Waals surface area contributed by atoms with Crippen molar-refractivity contribution in [1.29, 1.82) is 0 Å². The molecular formula is C13H19N3O4S2. The molecule has 5 N–H and O–H groups in total. The summed E-state index contributed by atoms with van der Waals surface area (Å²) in [5.74, 6) is -0.742. The first-order chi connectivity index (χ1) is 10.2. The average Bonchev–Trinajstić information content (AvgIpc) is 2.41. The second-order valence-corrected chi connectivity index (χ2v) is 7.27. The average molecular weight is 345 g/mol. The number of benzene rings is 1. The fraction of sp³-hybridized carbons (Fsp3) is 0.385. The Morgan fingerprint density at radius 3 is 2.50 bits per heavy atom. The molecule has 0 aromatic heterocycles. The summed E-state index contributed by atoms with van der Waals surface area (Å²) in [7, 11) is -4.05. The van der Waals surface area contributed by atoms with Crippen LogP contribution in [0.1, 0.15) is 22.3 Å². The Morgan fingerprint density at radius 1 is 1.36 bits per heavy atom. The molecule has 0 aliphatic rings. The third kappa shape index (κ3) is 5.00. The topological polar surface area (TPSA) is 132 Å². The van der Waals surface area contributed by atoms with Crippen molar-refractivity contribution in [3.63, 3.8) is 0 Å². The zero-order chi connectivity index (χ0) is 16.9. The van der Waals surface area contributed by atoms with Crippen LogP contribution in [0.3, 0.4) is 0 Å². The predicted octanol–water partition coefficient (Wildman–Crippen LogP) is -0.0208. The number of sulfonamides is 1. The molecule has 2 amide bonds. The van der Waals surface area contributed by atoms with Crippen molar-refractivity contribution in [1.82, 2.24) is 5.32 Å². The van der Waals surface area contributed by atoms with Crippen LogP contribution in [0.4, 0.5) is 0 Å². The van der Waals surface area contributed by atoms with Crippen molar-refractivity contribution in [2.45, 2.75) is 24.3 Å². The predicted molar refractivity (Wildman–Crippen MR) is 86.0 cm³/mol. The Morgan fingerprint density at radius 2 is 2.00 bits per heavy atom. The second-order valence-electron chi connectivity index (χ2n) is 4.75. The molecule has 1 aromatic rings. The van der Waals surface area contributed by atoms with E-state index in [1.165, 1.54) is 30.0 Å². The molecule has 0 radical (unpaired) electrons. The van der Waals surface area contributed by atoms with E-state index in [-0.39, 0.29) is 10.5 Å². The summed E-state index contributed by atoms with van der Waals surface area (Å²) in [6.07, 6.45) is 2.22. The lowest BCUT2D eigenvalue weighted by Gasteiger charge is -2.16. The van der Waals surface area contributed by atoms with Gasteiger partial charge in [-0.2, -0.15) is 11.8 Å². The molecule has 1 rings (SSSR count). The minimum atomic E-state index is -4.05. The molecule has 0 saturated heterocycles. The molecule has 22 heavy (non-hydrogen) atoms. The lowest BCUT2D eigenvalue weighted by Crippen LogP contribution is -2.45. The normalized spacial score (nSPS) is 12.7. The molecule has 0 bridgehead atoms. The van der Waals surface area contributed by atoms with Crippen LogP contribution in [-0.2, 0) is 14.8 Å². The van der Waals surface area contributed by atoms with Gasteiger partial charge in [0.25, 0.3) is 5.91 Å². The van der Waals surface area contributed by atoms with Gasteiger partial charge in [-0.15, -0.1) is 0 Å². The Balaban J connectivity index is 3.11. The third-order valence-corrected chi connectivity index (χ3v) is 4.56. The number of rotatable bonds is 7. The number of carbonyl (C=O) groups excluding carboxylic acids is 2. The maximum absolute atomic E-state index is 12.3. The van der Waals surface area contributed by atoms with E-state index < -0.39 is 27.9 Å². The first kappa shape index (κ1) is 18.5. The molecule has 122 valence electrons. The van der Waals surface area contributed by atoms with E-state index in [0.717, 1.165) is 0 Å². The fourth-order valence-corrected chi connectivity index (χ4v) is 3.01. The van der Waals surface area contributed by atoms with Crippen molar-refractivity contribution in [3.05, 3.63) is 29.3 Å². The number of primary sulfonamides is 1. The summed E-state index contributed by atoms with van der Waals surface area (Å²) in [6, 6.07) is 3.34. The maximum Gasteiger partial charge on any atom is 0.253 e. The Kier molecular flexibility index (Phi) is 6.39. The Bertz CT molecular complexity index is 674. The highest BCUT2D eigenvalue weighted by Crippen LogP contribution is 2.16. The van der Waals surface area contributed by atoms with Crippen molar-refractivity contribution in [3.8, 4) is 0 Å². The van der Waals surface area contributed by atoms with Gasteiger partial charge in [-0.25, -0.2) is 13.6 Å². The van der Waals surface area contributed by atoms with E-state index in [1.54, 1.807) is 6.92 Å². The molecule has 0 aliphatic heterocycles. The summed E-state index contributed by atoms with van der Waals surface area (Å²) in [6.45, 7) is 1.71. The van der Waals surface area contributed by atoms with E-state index in [1.807, 2.05) is 6.26 Å². The SMILES string of the molecule is CSCC[C@H](NC(=O)c1cc(C)ccc1S(N)(=O)=O)C(N)=O. The van der Waals surface area contributed by atoms with Gasteiger partial charge in [0.1, 0.15) is 6.04 Å². The van der Waals surface area contributed by atoms with Crippen LogP contribution in [0.15, 0.2) is 23.1 Å². The highest BCUT2D eigenvalue weighted by molar-refractivity contribution is 7.98. The highest BCUT2D eigenvalue weighted by atomic mass is 32.2. The number of primary amides is 1. The second kappa shape index (κ2) is 7.61. The van der Waals surface area contributed by atoms with Crippen LogP contribution in [0.5, 0.6) is 0 Å². The molecule has 0 aliphatic carbocycles. The minimum absolute atomic E-state index is 0.0992. The van der Waals surface area contributed by atoms with E-state index in [2.05, 4.69) is 5.32 Å². The van der Waals surface area contributed by atoms with Gasteiger partial charge in [0.15, 0.2) is 0 Å². The summed E-state index contributed by atoms with van der Waals surface area (Å²) >= 11 is 1.51. The monoisotopic (exact) mass is 345 g/mol. The van der Waals surface area contributed by atoms with E-state index in [9.17, 15) is 18.0 Å². The van der Waals surface area contributed by atoms with Crippen LogP contribution >= 0.6 is 11.8 Å². The van der Waals surface area contributed by atoms with Gasteiger partial charge in [0.2, 0.25) is 15.9 Å². The van der Waals surface area contributed by atoms with E-state index in [0.29, 0.717) is 17.7 Å². The van der Waals surface area contributed by atoms with Gasteiger partial charge in [-0.1, -0.05) is 11.6 Å². The Labute approximate surface area is 133 Å².